The van der Waals surface area contributed by atoms with Crippen molar-refractivity contribution in [2.24, 2.45) is 5.73 Å². The molecule has 0 saturated heterocycles. The van der Waals surface area contributed by atoms with Crippen molar-refractivity contribution in [3.8, 4) is 11.4 Å². The molecule has 0 unspecified atom stereocenters. The summed E-state index contributed by atoms with van der Waals surface area (Å²) in [7, 11) is 0. The Morgan fingerprint density at radius 3 is 2.38 bits per heavy atom. The van der Waals surface area contributed by atoms with Gasteiger partial charge in [0.15, 0.2) is 0 Å². The smallest absolute Gasteiger partial charge is 0.321 e. The fraction of sp³-hybridized carbons (Fsp3) is 0.241. The minimum absolute atomic E-state index is 0.327. The van der Waals surface area contributed by atoms with E-state index in [9.17, 15) is 23.2 Å². The van der Waals surface area contributed by atoms with Crippen LogP contribution in [-0.2, 0) is 9.59 Å². The van der Waals surface area contributed by atoms with Crippen molar-refractivity contribution in [2.75, 3.05) is 0 Å². The van der Waals surface area contributed by atoms with Gasteiger partial charge in [0, 0.05) is 17.9 Å². The van der Waals surface area contributed by atoms with Crippen LogP contribution in [0, 0.1) is 0 Å². The van der Waals surface area contributed by atoms with Crippen LogP contribution in [0.4, 0.5) is 8.78 Å². The van der Waals surface area contributed by atoms with Crippen molar-refractivity contribution in [2.45, 2.75) is 44.9 Å². The number of carbonyl (C=O) groups is 3. The number of nitrogens with zero attached hydrogens (tertiary/aromatic N) is 2. The molecular formula is C29H29F2N5O4. The van der Waals surface area contributed by atoms with Gasteiger partial charge >= 0.3 is 5.92 Å². The predicted octanol–water partition coefficient (Wildman–Crippen LogP) is 3.91. The fourth-order valence-corrected chi connectivity index (χ4v) is 4.08. The van der Waals surface area contributed by atoms with Crippen LogP contribution in [-0.4, -0.2) is 45.5 Å². The summed E-state index contributed by atoms with van der Waals surface area (Å²) in [5, 5.41) is 10.1. The van der Waals surface area contributed by atoms with Crippen LogP contribution in [0.15, 0.2) is 79.0 Å². The van der Waals surface area contributed by atoms with Crippen LogP contribution in [0.2, 0.25) is 0 Å². The Bertz CT molecular complexity index is 1530. The number of halogens is 2. The molecule has 11 heteroatoms. The van der Waals surface area contributed by atoms with Crippen molar-refractivity contribution >= 4 is 28.6 Å². The number of carbonyl (C=O) groups excluding carboxylic acids is 3. The molecule has 4 rings (SSSR count). The van der Waals surface area contributed by atoms with Crippen molar-refractivity contribution in [3.63, 3.8) is 0 Å². The van der Waals surface area contributed by atoms with Gasteiger partial charge in [-0.25, -0.2) is 4.68 Å². The van der Waals surface area contributed by atoms with E-state index < -0.39 is 41.8 Å². The highest BCUT2D eigenvalue weighted by Crippen LogP contribution is 2.29. The summed E-state index contributed by atoms with van der Waals surface area (Å²) in [6.07, 6.45) is 0.878. The summed E-state index contributed by atoms with van der Waals surface area (Å²) in [6, 6.07) is 19.4. The normalized spacial score (nSPS) is 13.7. The van der Waals surface area contributed by atoms with Crippen molar-refractivity contribution < 1.29 is 27.9 Å². The third-order valence-electron chi connectivity index (χ3n) is 6.27. The molecule has 0 aliphatic heterocycles. The summed E-state index contributed by atoms with van der Waals surface area (Å²) < 4.78 is 34.9. The minimum Gasteiger partial charge on any atom is -0.484 e. The van der Waals surface area contributed by atoms with Crippen LogP contribution in [0.5, 0.6) is 5.75 Å². The monoisotopic (exact) mass is 549 g/mol. The Morgan fingerprint density at radius 1 is 0.975 bits per heavy atom. The number of hydrogen-bond donors (Lipinski definition) is 3. The van der Waals surface area contributed by atoms with E-state index in [2.05, 4.69) is 15.7 Å². The fourth-order valence-electron chi connectivity index (χ4n) is 4.08. The van der Waals surface area contributed by atoms with E-state index >= 15 is 0 Å². The van der Waals surface area contributed by atoms with Gasteiger partial charge in [-0.15, -0.1) is 0 Å². The highest BCUT2D eigenvalue weighted by molar-refractivity contribution is 5.97. The maximum atomic E-state index is 13.5. The molecule has 0 spiro atoms. The van der Waals surface area contributed by atoms with E-state index in [4.69, 9.17) is 10.5 Å². The molecule has 0 aliphatic carbocycles. The zero-order valence-corrected chi connectivity index (χ0v) is 22.1. The molecule has 1 aromatic heterocycles. The van der Waals surface area contributed by atoms with Crippen LogP contribution < -0.4 is 21.1 Å². The molecule has 208 valence electrons. The molecular weight excluding hydrogens is 520 g/mol. The van der Waals surface area contributed by atoms with Gasteiger partial charge in [-0.3, -0.25) is 14.4 Å². The van der Waals surface area contributed by atoms with Gasteiger partial charge in [-0.05, 0) is 55.8 Å². The molecule has 3 atom stereocenters. The van der Waals surface area contributed by atoms with E-state index in [-0.39, 0.29) is 0 Å². The van der Waals surface area contributed by atoms with Crippen LogP contribution in [0.1, 0.15) is 42.8 Å². The zero-order chi connectivity index (χ0) is 29.0. The third-order valence-corrected chi connectivity index (χ3v) is 6.27. The van der Waals surface area contributed by atoms with E-state index in [0.717, 1.165) is 10.9 Å². The molecule has 1 heterocycles. The number of aromatic nitrogens is 2. The molecule has 0 radical (unpaired) electrons. The number of ether oxygens (including phenoxy) is 1. The van der Waals surface area contributed by atoms with Gasteiger partial charge in [0.2, 0.25) is 5.91 Å². The molecule has 40 heavy (non-hydrogen) atoms. The van der Waals surface area contributed by atoms with E-state index in [1.807, 2.05) is 6.07 Å². The number of primary amides is 1. The number of rotatable bonds is 10. The second-order valence-corrected chi connectivity index (χ2v) is 9.52. The number of amides is 3. The van der Waals surface area contributed by atoms with Gasteiger partial charge in [0.25, 0.3) is 11.8 Å². The average Bonchev–Trinajstić information content (AvgIpc) is 3.35. The maximum Gasteiger partial charge on any atom is 0.321 e. The Balaban J connectivity index is 1.59. The van der Waals surface area contributed by atoms with Crippen LogP contribution in [0.3, 0.4) is 0 Å². The lowest BCUT2D eigenvalue weighted by molar-refractivity contribution is -0.144. The molecule has 0 aliphatic rings. The van der Waals surface area contributed by atoms with Gasteiger partial charge < -0.3 is 21.1 Å². The first kappa shape index (κ1) is 28.2. The molecule has 4 N–H and O–H groups in total. The van der Waals surface area contributed by atoms with Crippen LogP contribution in [0.25, 0.3) is 16.6 Å². The molecule has 3 aromatic carbocycles. The lowest BCUT2D eigenvalue weighted by atomic mass is 10.0. The number of hydrogen-bond acceptors (Lipinski definition) is 5. The predicted molar refractivity (Wildman–Crippen MR) is 145 cm³/mol. The first-order chi connectivity index (χ1) is 18.9. The van der Waals surface area contributed by atoms with Crippen LogP contribution >= 0.6 is 0 Å². The number of nitrogens with two attached hydrogens (primary N) is 1. The molecule has 4 aromatic rings. The number of fused-ring (bicyclic) bond motifs is 1. The molecule has 0 bridgehead atoms. The first-order valence-electron chi connectivity index (χ1n) is 12.5. The maximum absolute atomic E-state index is 13.5. The second kappa shape index (κ2) is 11.5. The van der Waals surface area contributed by atoms with E-state index in [0.29, 0.717) is 29.5 Å². The lowest BCUT2D eigenvalue weighted by Crippen LogP contribution is -2.46. The standard InChI is InChI=1S/C29H29F2N5O4/c1-17(35-28(39)29(3,30)31)25(19-8-5-4-6-9-19)40-23-12-13-24-21(15-23)16-33-36(24)22-11-7-10-20(14-22)27(38)34-18(2)26(32)37/h4-18,25H,1-3H3,(H2,32,37)(H,34,38)(H,35,39)/t17-,18-,25-/m0/s1. The highest BCUT2D eigenvalue weighted by Gasteiger charge is 2.35. The Labute approximate surface area is 229 Å². The zero-order valence-electron chi connectivity index (χ0n) is 22.1. The van der Waals surface area contributed by atoms with Crippen molar-refractivity contribution in [3.05, 3.63) is 90.1 Å². The summed E-state index contributed by atoms with van der Waals surface area (Å²) in [5.74, 6) is -5.56. The summed E-state index contributed by atoms with van der Waals surface area (Å²) in [4.78, 5) is 35.8. The molecule has 9 nitrogen and oxygen atoms in total. The minimum atomic E-state index is -3.53. The molecule has 3 amide bonds. The molecule has 0 saturated carbocycles. The van der Waals surface area contributed by atoms with E-state index in [1.165, 1.54) is 6.92 Å². The SMILES string of the molecule is C[C@H](NC(=O)c1cccc(-n2ncc3cc(O[C@H](c4ccccc4)[C@H](C)NC(=O)C(C)(F)F)ccc32)c1)C(N)=O. The third kappa shape index (κ3) is 6.42. The summed E-state index contributed by atoms with van der Waals surface area (Å²) in [5.41, 5.74) is 7.60. The summed E-state index contributed by atoms with van der Waals surface area (Å²) >= 11 is 0. The highest BCUT2D eigenvalue weighted by atomic mass is 19.3. The average molecular weight is 550 g/mol. The lowest BCUT2D eigenvalue weighted by Gasteiger charge is -2.27. The topological polar surface area (TPSA) is 128 Å². The molecule has 0 fully saturated rings. The van der Waals surface area contributed by atoms with Crippen molar-refractivity contribution in [1.82, 2.24) is 20.4 Å². The number of alkyl halides is 2. The Kier molecular flexibility index (Phi) is 8.13. The quantitative estimate of drug-likeness (QED) is 0.276. The van der Waals surface area contributed by atoms with E-state index in [1.54, 1.807) is 84.5 Å². The Morgan fingerprint density at radius 2 is 1.70 bits per heavy atom. The van der Waals surface area contributed by atoms with Gasteiger partial charge in [0.05, 0.1) is 23.4 Å². The number of benzene rings is 3. The Hall–Kier alpha value is -4.80. The van der Waals surface area contributed by atoms with Crippen molar-refractivity contribution in [1.29, 1.82) is 0 Å². The van der Waals surface area contributed by atoms with Gasteiger partial charge in [-0.2, -0.15) is 13.9 Å². The summed E-state index contributed by atoms with van der Waals surface area (Å²) in [6.45, 7) is 3.65. The second-order valence-electron chi connectivity index (χ2n) is 9.52. The van der Waals surface area contributed by atoms with Gasteiger partial charge in [0.1, 0.15) is 17.9 Å². The first-order valence-corrected chi connectivity index (χ1v) is 12.5. The number of nitrogens with one attached hydrogen (secondary N) is 2. The largest absolute Gasteiger partial charge is 0.484 e. The van der Waals surface area contributed by atoms with Gasteiger partial charge in [-0.1, -0.05) is 36.4 Å².